The van der Waals surface area contributed by atoms with Gasteiger partial charge >= 0.3 is 0 Å². The Balaban J connectivity index is 2.08. The van der Waals surface area contributed by atoms with Crippen LogP contribution in [0.5, 0.6) is 5.75 Å². The number of ether oxygens (including phenoxy) is 1. The molecule has 0 fully saturated rings. The molecule has 0 saturated carbocycles. The lowest BCUT2D eigenvalue weighted by atomic mass is 10.1. The molecule has 0 unspecified atom stereocenters. The quantitative estimate of drug-likeness (QED) is 0.647. The SMILES string of the molecule is COc1c(C[C@@H](N)CF)c(Cl)n2nc(Cl)nc(NCc3ccco3)c12. The highest BCUT2D eigenvalue weighted by Gasteiger charge is 2.24. The third-order valence-corrected chi connectivity index (χ3v) is 4.17. The van der Waals surface area contributed by atoms with Gasteiger partial charge in [-0.1, -0.05) is 11.6 Å². The number of hydrogen-bond acceptors (Lipinski definition) is 6. The van der Waals surface area contributed by atoms with E-state index in [1.54, 1.807) is 12.3 Å². The van der Waals surface area contributed by atoms with Crippen molar-refractivity contribution >= 4 is 34.5 Å². The van der Waals surface area contributed by atoms with Gasteiger partial charge in [-0.3, -0.25) is 0 Å². The predicted molar refractivity (Wildman–Crippen MR) is 93.2 cm³/mol. The number of methoxy groups -OCH3 is 1. The van der Waals surface area contributed by atoms with Crippen LogP contribution in [-0.4, -0.2) is 34.4 Å². The Hall–Kier alpha value is -2.03. The lowest BCUT2D eigenvalue weighted by molar-refractivity contribution is 0.402. The molecule has 0 bridgehead atoms. The molecule has 10 heteroatoms. The molecule has 3 rings (SSSR count). The molecule has 0 saturated heterocycles. The predicted octanol–water partition coefficient (Wildman–Crippen LogP) is 3.09. The molecule has 3 aromatic rings. The molecule has 0 aliphatic rings. The van der Waals surface area contributed by atoms with E-state index in [9.17, 15) is 4.39 Å². The van der Waals surface area contributed by atoms with E-state index >= 15 is 0 Å². The molecular formula is C15H16Cl2FN5O2. The van der Waals surface area contributed by atoms with Crippen molar-refractivity contribution in [2.75, 3.05) is 19.1 Å². The first-order valence-electron chi connectivity index (χ1n) is 7.43. The van der Waals surface area contributed by atoms with Gasteiger partial charge < -0.3 is 20.2 Å². The maximum atomic E-state index is 12.8. The summed E-state index contributed by atoms with van der Waals surface area (Å²) in [6.07, 6.45) is 1.77. The van der Waals surface area contributed by atoms with Gasteiger partial charge in [-0.15, -0.1) is 5.10 Å². The Labute approximate surface area is 152 Å². The van der Waals surface area contributed by atoms with E-state index in [1.807, 2.05) is 6.07 Å². The van der Waals surface area contributed by atoms with Gasteiger partial charge in [0.15, 0.2) is 17.1 Å². The van der Waals surface area contributed by atoms with Crippen LogP contribution in [0.25, 0.3) is 5.52 Å². The number of anilines is 1. The Morgan fingerprint density at radius 2 is 2.28 bits per heavy atom. The van der Waals surface area contributed by atoms with E-state index in [0.717, 1.165) is 0 Å². The summed E-state index contributed by atoms with van der Waals surface area (Å²) in [5.74, 6) is 1.55. The fraction of sp³-hybridized carbons (Fsp3) is 0.333. The summed E-state index contributed by atoms with van der Waals surface area (Å²) in [4.78, 5) is 4.20. The third-order valence-electron chi connectivity index (χ3n) is 3.63. The molecule has 0 spiro atoms. The van der Waals surface area contributed by atoms with Crippen molar-refractivity contribution in [3.8, 4) is 5.75 Å². The summed E-state index contributed by atoms with van der Waals surface area (Å²) in [6, 6.07) is 2.90. The maximum absolute atomic E-state index is 12.8. The number of furan rings is 1. The highest BCUT2D eigenvalue weighted by molar-refractivity contribution is 6.31. The van der Waals surface area contributed by atoms with Crippen molar-refractivity contribution in [2.45, 2.75) is 19.0 Å². The van der Waals surface area contributed by atoms with E-state index in [2.05, 4.69) is 15.4 Å². The van der Waals surface area contributed by atoms with Crippen LogP contribution in [0.15, 0.2) is 22.8 Å². The molecule has 7 nitrogen and oxygen atoms in total. The largest absolute Gasteiger partial charge is 0.494 e. The third kappa shape index (κ3) is 3.51. The van der Waals surface area contributed by atoms with Crippen LogP contribution in [0.2, 0.25) is 10.4 Å². The standard InChI is InChI=1S/C15H16Cl2FN5O2/c1-24-12-10(5-8(19)6-18)13(16)23-11(12)14(21-15(17)22-23)20-7-9-3-2-4-25-9/h2-4,8H,5-7,19H2,1H3,(H,20,21,22)/t8-/m1/s1. The van der Waals surface area contributed by atoms with Crippen molar-refractivity contribution in [3.05, 3.63) is 40.2 Å². The molecule has 3 heterocycles. The highest BCUT2D eigenvalue weighted by Crippen LogP contribution is 2.38. The Kier molecular flexibility index (Phi) is 5.31. The number of rotatable bonds is 7. The molecule has 0 amide bonds. The summed E-state index contributed by atoms with van der Waals surface area (Å²) in [6.45, 7) is -0.303. The van der Waals surface area contributed by atoms with Crippen LogP contribution in [-0.2, 0) is 13.0 Å². The molecule has 3 aromatic heterocycles. The van der Waals surface area contributed by atoms with E-state index in [-0.39, 0.29) is 16.9 Å². The minimum Gasteiger partial charge on any atom is -0.494 e. The second kappa shape index (κ2) is 7.47. The molecule has 134 valence electrons. The minimum absolute atomic E-state index is 0.00432. The van der Waals surface area contributed by atoms with Crippen LogP contribution < -0.4 is 15.8 Å². The van der Waals surface area contributed by atoms with Gasteiger partial charge in [0, 0.05) is 11.6 Å². The van der Waals surface area contributed by atoms with Crippen LogP contribution in [0.3, 0.4) is 0 Å². The molecule has 1 atom stereocenters. The zero-order valence-electron chi connectivity index (χ0n) is 13.3. The first-order chi connectivity index (χ1) is 12.0. The molecular weight excluding hydrogens is 372 g/mol. The zero-order valence-corrected chi connectivity index (χ0v) is 14.8. The number of hydrogen-bond donors (Lipinski definition) is 2. The number of halogens is 3. The summed E-state index contributed by atoms with van der Waals surface area (Å²) < 4.78 is 25.0. The van der Waals surface area contributed by atoms with Crippen molar-refractivity contribution in [1.82, 2.24) is 14.6 Å². The topological polar surface area (TPSA) is 90.6 Å². The Morgan fingerprint density at radius 1 is 1.48 bits per heavy atom. The molecule has 25 heavy (non-hydrogen) atoms. The fourth-order valence-corrected chi connectivity index (χ4v) is 2.98. The lowest BCUT2D eigenvalue weighted by Gasteiger charge is -2.09. The monoisotopic (exact) mass is 387 g/mol. The molecule has 0 radical (unpaired) electrons. The van der Waals surface area contributed by atoms with Crippen molar-refractivity contribution in [2.24, 2.45) is 5.73 Å². The van der Waals surface area contributed by atoms with Gasteiger partial charge in [0.1, 0.15) is 17.6 Å². The van der Waals surface area contributed by atoms with Gasteiger partial charge in [0.05, 0.1) is 19.9 Å². The summed E-state index contributed by atoms with van der Waals surface area (Å²) in [5.41, 5.74) is 6.76. The minimum atomic E-state index is -0.702. The van der Waals surface area contributed by atoms with Crippen LogP contribution in [0.1, 0.15) is 11.3 Å². The summed E-state index contributed by atoms with van der Waals surface area (Å²) >= 11 is 12.4. The molecule has 0 aliphatic heterocycles. The first kappa shape index (κ1) is 17.8. The van der Waals surface area contributed by atoms with Crippen molar-refractivity contribution < 1.29 is 13.5 Å². The Morgan fingerprint density at radius 3 is 2.92 bits per heavy atom. The number of fused-ring (bicyclic) bond motifs is 1. The second-order valence-electron chi connectivity index (χ2n) is 5.34. The number of alkyl halides is 1. The van der Waals surface area contributed by atoms with Crippen molar-refractivity contribution in [3.63, 3.8) is 0 Å². The average Bonchev–Trinajstić information content (AvgIpc) is 3.20. The smallest absolute Gasteiger partial charge is 0.243 e. The van der Waals surface area contributed by atoms with Gasteiger partial charge in [-0.25, -0.2) is 8.91 Å². The summed E-state index contributed by atoms with van der Waals surface area (Å²) in [5, 5.41) is 7.47. The van der Waals surface area contributed by atoms with Crippen molar-refractivity contribution in [1.29, 1.82) is 0 Å². The zero-order chi connectivity index (χ0) is 18.0. The number of aromatic nitrogens is 3. The van der Waals surface area contributed by atoms with E-state index in [4.69, 9.17) is 38.1 Å². The first-order valence-corrected chi connectivity index (χ1v) is 8.19. The van der Waals surface area contributed by atoms with Crippen LogP contribution in [0.4, 0.5) is 10.2 Å². The fourth-order valence-electron chi connectivity index (χ4n) is 2.53. The lowest BCUT2D eigenvalue weighted by Crippen LogP contribution is -2.25. The number of nitrogens with one attached hydrogen (secondary N) is 1. The highest BCUT2D eigenvalue weighted by atomic mass is 35.5. The van der Waals surface area contributed by atoms with E-state index in [0.29, 0.717) is 35.0 Å². The Bertz CT molecular complexity index is 869. The number of nitrogens with two attached hydrogens (primary N) is 1. The van der Waals surface area contributed by atoms with Gasteiger partial charge in [-0.2, -0.15) is 4.98 Å². The maximum Gasteiger partial charge on any atom is 0.243 e. The second-order valence-corrected chi connectivity index (χ2v) is 6.04. The number of nitrogens with zero attached hydrogens (tertiary/aromatic N) is 3. The molecule has 3 N–H and O–H groups in total. The van der Waals surface area contributed by atoms with Gasteiger partial charge in [0.25, 0.3) is 0 Å². The van der Waals surface area contributed by atoms with Gasteiger partial charge in [0.2, 0.25) is 5.28 Å². The molecule has 0 aromatic carbocycles. The average molecular weight is 388 g/mol. The summed E-state index contributed by atoms with van der Waals surface area (Å²) in [7, 11) is 1.49. The van der Waals surface area contributed by atoms with Crippen LogP contribution in [0, 0.1) is 0 Å². The van der Waals surface area contributed by atoms with Gasteiger partial charge in [-0.05, 0) is 30.2 Å². The molecule has 0 aliphatic carbocycles. The van der Waals surface area contributed by atoms with Crippen LogP contribution >= 0.6 is 23.2 Å². The van der Waals surface area contributed by atoms with E-state index in [1.165, 1.54) is 11.6 Å². The van der Waals surface area contributed by atoms with E-state index < -0.39 is 12.7 Å². The normalized spacial score (nSPS) is 12.5.